The Morgan fingerprint density at radius 2 is 1.86 bits per heavy atom. The van der Waals surface area contributed by atoms with E-state index in [0.717, 1.165) is 11.1 Å². The number of carboxylic acid groups (broad SMARTS) is 1. The van der Waals surface area contributed by atoms with Crippen molar-refractivity contribution in [2.24, 2.45) is 0 Å². The predicted octanol–water partition coefficient (Wildman–Crippen LogP) is 3.24. The molecular weight excluding hydrogens is 282 g/mol. The Kier molecular flexibility index (Phi) is 6.63. The van der Waals surface area contributed by atoms with Crippen LogP contribution in [-0.4, -0.2) is 29.3 Å². The van der Waals surface area contributed by atoms with Crippen LogP contribution in [0.2, 0.25) is 0 Å². The fourth-order valence-corrected chi connectivity index (χ4v) is 1.71. The van der Waals surface area contributed by atoms with Crippen LogP contribution >= 0.6 is 0 Å². The fraction of sp³-hybridized carbons (Fsp3) is 0.412. The van der Waals surface area contributed by atoms with Gasteiger partial charge < -0.3 is 15.2 Å². The average molecular weight is 305 g/mol. The molecule has 1 amide bonds. The zero-order chi connectivity index (χ0) is 16.6. The fourth-order valence-electron chi connectivity index (χ4n) is 1.71. The van der Waals surface area contributed by atoms with Crippen LogP contribution in [0.25, 0.3) is 6.08 Å². The summed E-state index contributed by atoms with van der Waals surface area (Å²) in [7, 11) is 0. The van der Waals surface area contributed by atoms with E-state index in [1.807, 2.05) is 45.1 Å². The van der Waals surface area contributed by atoms with E-state index in [9.17, 15) is 9.59 Å². The first-order valence-corrected chi connectivity index (χ1v) is 7.20. The molecule has 0 unspecified atom stereocenters. The van der Waals surface area contributed by atoms with Gasteiger partial charge in [0.25, 0.3) is 0 Å². The number of hydrogen-bond acceptors (Lipinski definition) is 3. The van der Waals surface area contributed by atoms with Gasteiger partial charge in [0.15, 0.2) is 0 Å². The van der Waals surface area contributed by atoms with Crippen molar-refractivity contribution in [2.75, 3.05) is 6.54 Å². The first kappa shape index (κ1) is 17.8. The topological polar surface area (TPSA) is 75.6 Å². The molecule has 0 aliphatic heterocycles. The summed E-state index contributed by atoms with van der Waals surface area (Å²) >= 11 is 0. The lowest BCUT2D eigenvalue weighted by Gasteiger charge is -2.19. The highest BCUT2D eigenvalue weighted by Crippen LogP contribution is 2.08. The quantitative estimate of drug-likeness (QED) is 0.791. The van der Waals surface area contributed by atoms with Crippen LogP contribution in [0.5, 0.6) is 0 Å². The summed E-state index contributed by atoms with van der Waals surface area (Å²) in [5.41, 5.74) is 1.28. The summed E-state index contributed by atoms with van der Waals surface area (Å²) in [4.78, 5) is 22.0. The molecule has 1 aromatic rings. The van der Waals surface area contributed by atoms with Crippen molar-refractivity contribution >= 4 is 18.1 Å². The summed E-state index contributed by atoms with van der Waals surface area (Å²) < 4.78 is 5.13. The van der Waals surface area contributed by atoms with Gasteiger partial charge in [0.1, 0.15) is 5.60 Å². The summed E-state index contributed by atoms with van der Waals surface area (Å²) in [6.07, 6.45) is 4.18. The number of ether oxygens (including phenoxy) is 1. The molecule has 5 heteroatoms. The van der Waals surface area contributed by atoms with Crippen molar-refractivity contribution in [3.8, 4) is 0 Å². The van der Waals surface area contributed by atoms with Gasteiger partial charge in [-0.2, -0.15) is 0 Å². The van der Waals surface area contributed by atoms with E-state index in [-0.39, 0.29) is 6.42 Å². The third-order valence-corrected chi connectivity index (χ3v) is 2.62. The van der Waals surface area contributed by atoms with Crippen LogP contribution in [0.15, 0.2) is 30.3 Å². The molecule has 2 N–H and O–H groups in total. The maximum absolute atomic E-state index is 11.4. The highest BCUT2D eigenvalue weighted by molar-refractivity contribution is 5.70. The molecule has 1 rings (SSSR count). The number of carbonyl (C=O) groups excluding carboxylic acids is 1. The second-order valence-corrected chi connectivity index (χ2v) is 5.93. The zero-order valence-corrected chi connectivity index (χ0v) is 13.3. The van der Waals surface area contributed by atoms with Crippen molar-refractivity contribution in [3.05, 3.63) is 41.5 Å². The molecule has 0 spiro atoms. The molecule has 0 heterocycles. The average Bonchev–Trinajstić information content (AvgIpc) is 2.37. The lowest BCUT2D eigenvalue weighted by Crippen LogP contribution is -2.32. The highest BCUT2D eigenvalue weighted by atomic mass is 16.6. The number of hydrogen-bond donors (Lipinski definition) is 2. The molecule has 0 bridgehead atoms. The third-order valence-electron chi connectivity index (χ3n) is 2.62. The molecule has 0 atom stereocenters. The number of benzene rings is 1. The normalized spacial score (nSPS) is 11.4. The van der Waals surface area contributed by atoms with Crippen molar-refractivity contribution in [1.29, 1.82) is 0 Å². The van der Waals surface area contributed by atoms with Gasteiger partial charge >= 0.3 is 12.1 Å². The lowest BCUT2D eigenvalue weighted by atomic mass is 10.1. The largest absolute Gasteiger partial charge is 0.481 e. The molecule has 22 heavy (non-hydrogen) atoms. The van der Waals surface area contributed by atoms with Crippen LogP contribution in [0.3, 0.4) is 0 Å². The third kappa shape index (κ3) is 8.09. The summed E-state index contributed by atoms with van der Waals surface area (Å²) in [5.74, 6) is -0.837. The second kappa shape index (κ2) is 8.22. The molecule has 5 nitrogen and oxygen atoms in total. The molecule has 120 valence electrons. The first-order valence-electron chi connectivity index (χ1n) is 7.20. The van der Waals surface area contributed by atoms with E-state index >= 15 is 0 Å². The molecule has 0 saturated carbocycles. The first-order chi connectivity index (χ1) is 10.3. The second-order valence-electron chi connectivity index (χ2n) is 5.93. The van der Waals surface area contributed by atoms with Crippen molar-refractivity contribution in [3.63, 3.8) is 0 Å². The number of nitrogens with one attached hydrogen (secondary N) is 1. The molecule has 0 radical (unpaired) electrons. The van der Waals surface area contributed by atoms with Gasteiger partial charge in [0.05, 0.1) is 6.42 Å². The SMILES string of the molecule is CC(C)(C)OC(=O)NCCC=Cc1ccc(CC(=O)O)cc1. The van der Waals surface area contributed by atoms with Crippen molar-refractivity contribution in [1.82, 2.24) is 5.32 Å². The van der Waals surface area contributed by atoms with Crippen LogP contribution in [0.4, 0.5) is 4.79 Å². The minimum absolute atomic E-state index is 0.0316. The zero-order valence-electron chi connectivity index (χ0n) is 13.3. The van der Waals surface area contributed by atoms with E-state index < -0.39 is 17.7 Å². The Hall–Kier alpha value is -2.30. The van der Waals surface area contributed by atoms with Crippen LogP contribution in [-0.2, 0) is 16.0 Å². The maximum atomic E-state index is 11.4. The number of amides is 1. The molecule has 0 fully saturated rings. The molecule has 0 aliphatic rings. The minimum atomic E-state index is -0.837. The molecule has 0 saturated heterocycles. The summed E-state index contributed by atoms with van der Waals surface area (Å²) in [6.45, 7) is 5.96. The molecule has 0 aliphatic carbocycles. The van der Waals surface area contributed by atoms with Gasteiger partial charge in [-0.25, -0.2) is 4.79 Å². The van der Waals surface area contributed by atoms with Gasteiger partial charge in [-0.15, -0.1) is 0 Å². The summed E-state index contributed by atoms with van der Waals surface area (Å²) in [5, 5.41) is 11.4. The van der Waals surface area contributed by atoms with Gasteiger partial charge in [-0.3, -0.25) is 4.79 Å². The number of alkyl carbamates (subject to hydrolysis) is 1. The molecular formula is C17H23NO4. The van der Waals surface area contributed by atoms with Gasteiger partial charge in [0, 0.05) is 6.54 Å². The van der Waals surface area contributed by atoms with E-state index in [2.05, 4.69) is 5.32 Å². The number of aliphatic carboxylic acids is 1. The Balaban J connectivity index is 2.31. The van der Waals surface area contributed by atoms with E-state index in [4.69, 9.17) is 9.84 Å². The minimum Gasteiger partial charge on any atom is -0.481 e. The molecule has 0 aromatic heterocycles. The Bertz CT molecular complexity index is 527. The van der Waals surface area contributed by atoms with Gasteiger partial charge in [0.2, 0.25) is 0 Å². The number of carboxylic acids is 1. The Morgan fingerprint density at radius 1 is 1.23 bits per heavy atom. The van der Waals surface area contributed by atoms with E-state index in [0.29, 0.717) is 13.0 Å². The van der Waals surface area contributed by atoms with E-state index in [1.165, 1.54) is 0 Å². The Morgan fingerprint density at radius 3 is 2.41 bits per heavy atom. The summed E-state index contributed by atoms with van der Waals surface area (Å²) in [6, 6.07) is 7.34. The van der Waals surface area contributed by atoms with E-state index in [1.54, 1.807) is 12.1 Å². The highest BCUT2D eigenvalue weighted by Gasteiger charge is 2.15. The van der Waals surface area contributed by atoms with Gasteiger partial charge in [-0.05, 0) is 38.3 Å². The number of carbonyl (C=O) groups is 2. The van der Waals surface area contributed by atoms with Crippen molar-refractivity contribution in [2.45, 2.75) is 39.2 Å². The monoisotopic (exact) mass is 305 g/mol. The standard InChI is InChI=1S/C17H23NO4/c1-17(2,3)22-16(21)18-11-5-4-6-13-7-9-14(10-8-13)12-15(19)20/h4,6-10H,5,11-12H2,1-3H3,(H,18,21)(H,19,20). The smallest absolute Gasteiger partial charge is 0.407 e. The maximum Gasteiger partial charge on any atom is 0.407 e. The van der Waals surface area contributed by atoms with Crippen LogP contribution in [0, 0.1) is 0 Å². The molecule has 1 aromatic carbocycles. The lowest BCUT2D eigenvalue weighted by molar-refractivity contribution is -0.136. The predicted molar refractivity (Wildman–Crippen MR) is 85.7 cm³/mol. The Labute approximate surface area is 131 Å². The van der Waals surface area contributed by atoms with Crippen molar-refractivity contribution < 1.29 is 19.4 Å². The number of rotatable bonds is 6. The van der Waals surface area contributed by atoms with Crippen LogP contribution < -0.4 is 5.32 Å². The van der Waals surface area contributed by atoms with Crippen LogP contribution in [0.1, 0.15) is 38.3 Å². The van der Waals surface area contributed by atoms with Gasteiger partial charge in [-0.1, -0.05) is 36.4 Å².